The first kappa shape index (κ1) is 12.7. The van der Waals surface area contributed by atoms with Crippen LogP contribution in [0.2, 0.25) is 0 Å². The number of hydrogen-bond acceptors (Lipinski definition) is 3. The molecule has 0 unspecified atom stereocenters. The molecule has 0 spiro atoms. The van der Waals surface area contributed by atoms with Crippen molar-refractivity contribution >= 4 is 15.9 Å². The maximum Gasteiger partial charge on any atom is 0.168 e. The number of ether oxygens (including phenoxy) is 2. The van der Waals surface area contributed by atoms with Gasteiger partial charge in [0.25, 0.3) is 0 Å². The Balaban J connectivity index is 2.53. The minimum absolute atomic E-state index is 0.0410. The highest BCUT2D eigenvalue weighted by Crippen LogP contribution is 2.54. The van der Waals surface area contributed by atoms with Crippen molar-refractivity contribution in [1.82, 2.24) is 0 Å². The van der Waals surface area contributed by atoms with Crippen molar-refractivity contribution in [3.63, 3.8) is 0 Å². The number of methoxy groups -OCH3 is 1. The van der Waals surface area contributed by atoms with Crippen LogP contribution in [0.25, 0.3) is 0 Å². The highest BCUT2D eigenvalue weighted by Gasteiger charge is 2.46. The molecule has 3 nitrogen and oxygen atoms in total. The molecule has 0 atom stereocenters. The van der Waals surface area contributed by atoms with Crippen LogP contribution in [0.4, 0.5) is 0 Å². The number of aliphatic hydroxyl groups is 1. The molecule has 0 saturated heterocycles. The van der Waals surface area contributed by atoms with Crippen LogP contribution in [0.1, 0.15) is 32.3 Å². The molecule has 1 aromatic rings. The number of hydrogen-bond donors (Lipinski definition) is 1. The molecule has 1 aliphatic carbocycles. The van der Waals surface area contributed by atoms with Gasteiger partial charge in [0, 0.05) is 10.0 Å². The van der Waals surface area contributed by atoms with Crippen LogP contribution in [0, 0.1) is 0 Å². The molecule has 94 valence electrons. The Bertz CT molecular complexity index is 425. The van der Waals surface area contributed by atoms with Crippen LogP contribution in [0.5, 0.6) is 11.5 Å². The zero-order valence-electron chi connectivity index (χ0n) is 10.3. The van der Waals surface area contributed by atoms with E-state index >= 15 is 0 Å². The summed E-state index contributed by atoms with van der Waals surface area (Å²) < 4.78 is 12.0. The minimum atomic E-state index is -0.752. The average molecular weight is 301 g/mol. The Hall–Kier alpha value is -0.740. The third-order valence-corrected chi connectivity index (χ3v) is 3.49. The van der Waals surface area contributed by atoms with Gasteiger partial charge < -0.3 is 14.6 Å². The van der Waals surface area contributed by atoms with Gasteiger partial charge >= 0.3 is 0 Å². The first-order valence-corrected chi connectivity index (χ1v) is 6.53. The lowest BCUT2D eigenvalue weighted by Gasteiger charge is -2.21. The van der Waals surface area contributed by atoms with E-state index < -0.39 is 5.60 Å². The second-order valence-electron chi connectivity index (χ2n) is 4.65. The van der Waals surface area contributed by atoms with Gasteiger partial charge in [-0.25, -0.2) is 0 Å². The second-order valence-corrected chi connectivity index (χ2v) is 5.51. The second kappa shape index (κ2) is 4.50. The molecule has 1 fully saturated rings. The Kier molecular flexibility index (Phi) is 3.36. The van der Waals surface area contributed by atoms with Crippen LogP contribution >= 0.6 is 15.9 Å². The zero-order chi connectivity index (χ0) is 12.6. The lowest BCUT2D eigenvalue weighted by molar-refractivity contribution is 0.139. The predicted octanol–water partition coefficient (Wildman–Crippen LogP) is 3.23. The van der Waals surface area contributed by atoms with E-state index in [1.807, 2.05) is 26.0 Å². The lowest BCUT2D eigenvalue weighted by atomic mass is 10.1. The maximum absolute atomic E-state index is 10.3. The fraction of sp³-hybridized carbons (Fsp3) is 0.538. The third-order valence-electron chi connectivity index (χ3n) is 2.83. The van der Waals surface area contributed by atoms with Crippen molar-refractivity contribution in [3.8, 4) is 11.5 Å². The summed E-state index contributed by atoms with van der Waals surface area (Å²) in [4.78, 5) is 0. The molecule has 1 aromatic carbocycles. The van der Waals surface area contributed by atoms with Gasteiger partial charge in [-0.15, -0.1) is 0 Å². The van der Waals surface area contributed by atoms with Gasteiger partial charge in [-0.2, -0.15) is 0 Å². The van der Waals surface area contributed by atoms with Gasteiger partial charge in [0.05, 0.1) is 18.8 Å². The Labute approximate surface area is 110 Å². The van der Waals surface area contributed by atoms with Gasteiger partial charge in [0.15, 0.2) is 11.5 Å². The van der Waals surface area contributed by atoms with Gasteiger partial charge in [0.1, 0.15) is 0 Å². The molecule has 0 amide bonds. The lowest BCUT2D eigenvalue weighted by Crippen LogP contribution is -2.14. The van der Waals surface area contributed by atoms with E-state index in [2.05, 4.69) is 15.9 Å². The standard InChI is InChI=1S/C13H17BrO3/c1-8(2)17-12-10(16-3)5-4-9(14)11(12)13(15)6-7-13/h4-5,8,15H,6-7H2,1-3H3. The molecule has 17 heavy (non-hydrogen) atoms. The summed E-state index contributed by atoms with van der Waals surface area (Å²) in [5.74, 6) is 1.31. The van der Waals surface area contributed by atoms with E-state index in [0.717, 1.165) is 22.9 Å². The Morgan fingerprint density at radius 2 is 2.00 bits per heavy atom. The molecule has 0 aromatic heterocycles. The van der Waals surface area contributed by atoms with Crippen molar-refractivity contribution in [3.05, 3.63) is 22.2 Å². The summed E-state index contributed by atoms with van der Waals surface area (Å²) in [6, 6.07) is 3.73. The maximum atomic E-state index is 10.3. The molecule has 0 aliphatic heterocycles. The fourth-order valence-corrected chi connectivity index (χ4v) is 2.54. The number of halogens is 1. The molecule has 1 aliphatic rings. The van der Waals surface area contributed by atoms with E-state index in [1.54, 1.807) is 7.11 Å². The van der Waals surface area contributed by atoms with Crippen LogP contribution in [0.3, 0.4) is 0 Å². The van der Waals surface area contributed by atoms with Crippen LogP contribution in [-0.4, -0.2) is 18.3 Å². The summed E-state index contributed by atoms with van der Waals surface area (Å²) in [7, 11) is 1.61. The fourth-order valence-electron chi connectivity index (χ4n) is 1.85. The average Bonchev–Trinajstić information content (AvgIpc) is 2.96. The van der Waals surface area contributed by atoms with E-state index in [-0.39, 0.29) is 6.10 Å². The van der Waals surface area contributed by atoms with Crippen LogP contribution in [0.15, 0.2) is 16.6 Å². The smallest absolute Gasteiger partial charge is 0.168 e. The third kappa shape index (κ3) is 2.43. The van der Waals surface area contributed by atoms with Crippen LogP contribution < -0.4 is 9.47 Å². The highest BCUT2D eigenvalue weighted by atomic mass is 79.9. The summed E-state index contributed by atoms with van der Waals surface area (Å²) >= 11 is 3.48. The first-order valence-electron chi connectivity index (χ1n) is 5.74. The molecular formula is C13H17BrO3. The molecule has 2 rings (SSSR count). The molecule has 0 radical (unpaired) electrons. The number of rotatable bonds is 4. The Morgan fingerprint density at radius 1 is 1.35 bits per heavy atom. The molecular weight excluding hydrogens is 284 g/mol. The van der Waals surface area contributed by atoms with E-state index in [1.165, 1.54) is 0 Å². The van der Waals surface area contributed by atoms with Crippen molar-refractivity contribution in [1.29, 1.82) is 0 Å². The van der Waals surface area contributed by atoms with Crippen molar-refractivity contribution in [2.45, 2.75) is 38.4 Å². The van der Waals surface area contributed by atoms with Gasteiger partial charge in [-0.3, -0.25) is 0 Å². The quantitative estimate of drug-likeness (QED) is 0.928. The van der Waals surface area contributed by atoms with Gasteiger partial charge in [-0.1, -0.05) is 15.9 Å². The van der Waals surface area contributed by atoms with E-state index in [0.29, 0.717) is 11.5 Å². The largest absolute Gasteiger partial charge is 0.493 e. The zero-order valence-corrected chi connectivity index (χ0v) is 11.9. The van der Waals surface area contributed by atoms with E-state index in [4.69, 9.17) is 9.47 Å². The molecule has 1 saturated carbocycles. The normalized spacial score (nSPS) is 17.1. The van der Waals surface area contributed by atoms with Crippen molar-refractivity contribution in [2.75, 3.05) is 7.11 Å². The minimum Gasteiger partial charge on any atom is -0.493 e. The molecule has 4 heteroatoms. The van der Waals surface area contributed by atoms with Crippen LogP contribution in [-0.2, 0) is 5.60 Å². The van der Waals surface area contributed by atoms with Gasteiger partial charge in [-0.05, 0) is 38.8 Å². The molecule has 1 N–H and O–H groups in total. The molecule has 0 bridgehead atoms. The summed E-state index contributed by atoms with van der Waals surface area (Å²) in [6.07, 6.45) is 1.58. The predicted molar refractivity (Wildman–Crippen MR) is 69.6 cm³/mol. The highest BCUT2D eigenvalue weighted by molar-refractivity contribution is 9.10. The first-order chi connectivity index (χ1) is 7.98. The Morgan fingerprint density at radius 3 is 2.47 bits per heavy atom. The summed E-state index contributed by atoms with van der Waals surface area (Å²) in [5.41, 5.74) is 0.0583. The monoisotopic (exact) mass is 300 g/mol. The van der Waals surface area contributed by atoms with Crippen molar-refractivity contribution in [2.24, 2.45) is 0 Å². The van der Waals surface area contributed by atoms with E-state index in [9.17, 15) is 5.11 Å². The summed E-state index contributed by atoms with van der Waals surface area (Å²) in [6.45, 7) is 3.92. The number of benzene rings is 1. The summed E-state index contributed by atoms with van der Waals surface area (Å²) in [5, 5.41) is 10.3. The van der Waals surface area contributed by atoms with Gasteiger partial charge in [0.2, 0.25) is 0 Å². The SMILES string of the molecule is COc1ccc(Br)c(C2(O)CC2)c1OC(C)C. The van der Waals surface area contributed by atoms with Crippen molar-refractivity contribution < 1.29 is 14.6 Å². The molecule has 0 heterocycles. The topological polar surface area (TPSA) is 38.7 Å².